The second kappa shape index (κ2) is 9.49. The lowest BCUT2D eigenvalue weighted by molar-refractivity contribution is -0.208. The molecule has 3 heterocycles. The van der Waals surface area contributed by atoms with E-state index >= 15 is 0 Å². The van der Waals surface area contributed by atoms with E-state index in [9.17, 15) is 22.4 Å². The van der Waals surface area contributed by atoms with Crippen molar-refractivity contribution in [2.24, 2.45) is 17.3 Å². The molecular weight excluding hydrogens is 438 g/mol. The van der Waals surface area contributed by atoms with Crippen LogP contribution >= 0.6 is 0 Å². The maximum atomic E-state index is 13.8. The van der Waals surface area contributed by atoms with E-state index in [2.05, 4.69) is 10.3 Å². The number of aromatic nitrogens is 1. The summed E-state index contributed by atoms with van der Waals surface area (Å²) < 4.78 is 58.6. The topological polar surface area (TPSA) is 54.5 Å². The molecular formula is C24H33F4N3O2. The predicted molar refractivity (Wildman–Crippen MR) is 115 cm³/mol. The maximum Gasteiger partial charge on any atom is 0.395 e. The molecule has 5 nitrogen and oxygen atoms in total. The molecule has 0 aromatic carbocycles. The molecule has 4 atom stereocenters. The van der Waals surface area contributed by atoms with E-state index < -0.39 is 30.2 Å². The normalized spacial score (nSPS) is 30.5. The predicted octanol–water partition coefficient (Wildman–Crippen LogP) is 4.19. The van der Waals surface area contributed by atoms with Gasteiger partial charge in [-0.2, -0.15) is 13.2 Å². The van der Waals surface area contributed by atoms with Crippen molar-refractivity contribution in [2.75, 3.05) is 19.8 Å². The van der Waals surface area contributed by atoms with Crippen molar-refractivity contribution in [1.82, 2.24) is 15.2 Å². The first-order chi connectivity index (χ1) is 15.6. The highest BCUT2D eigenvalue weighted by Crippen LogP contribution is 2.47. The number of rotatable bonds is 5. The van der Waals surface area contributed by atoms with Gasteiger partial charge in [-0.15, -0.1) is 0 Å². The van der Waals surface area contributed by atoms with E-state index in [0.717, 1.165) is 11.3 Å². The average Bonchev–Trinajstić information content (AvgIpc) is 3.22. The molecule has 1 saturated carbocycles. The van der Waals surface area contributed by atoms with Gasteiger partial charge in [-0.3, -0.25) is 9.78 Å². The van der Waals surface area contributed by atoms with Crippen LogP contribution in [0.15, 0.2) is 12.3 Å². The summed E-state index contributed by atoms with van der Waals surface area (Å²) >= 11 is 0. The Morgan fingerprint density at radius 1 is 1.36 bits per heavy atom. The first-order valence-corrected chi connectivity index (χ1v) is 11.9. The SMILES string of the molecule is CC(C)[C@]1(C(=O)N2CCc3ncc(CF)cc3C2)CC[C@@H](NC2CCOCC2C(F)(F)F)C1. The third-order valence-corrected chi connectivity index (χ3v) is 7.84. The number of hydrogen-bond acceptors (Lipinski definition) is 4. The molecule has 1 aromatic rings. The van der Waals surface area contributed by atoms with E-state index in [-0.39, 0.29) is 24.5 Å². The van der Waals surface area contributed by atoms with Crippen molar-refractivity contribution in [3.8, 4) is 0 Å². The molecule has 1 N–H and O–H groups in total. The fraction of sp³-hybridized carbons (Fsp3) is 0.750. The summed E-state index contributed by atoms with van der Waals surface area (Å²) in [6.07, 6.45) is 0.0164. The van der Waals surface area contributed by atoms with Crippen LogP contribution < -0.4 is 5.32 Å². The average molecular weight is 472 g/mol. The van der Waals surface area contributed by atoms with Gasteiger partial charge in [0, 0.05) is 55.7 Å². The van der Waals surface area contributed by atoms with Gasteiger partial charge in [0.25, 0.3) is 0 Å². The van der Waals surface area contributed by atoms with Gasteiger partial charge in [0.15, 0.2) is 0 Å². The van der Waals surface area contributed by atoms with Gasteiger partial charge in [0.2, 0.25) is 5.91 Å². The Hall–Kier alpha value is -1.74. The quantitative estimate of drug-likeness (QED) is 0.655. The Bertz CT molecular complexity index is 863. The van der Waals surface area contributed by atoms with E-state index in [1.165, 1.54) is 0 Å². The minimum atomic E-state index is -4.31. The number of fused-ring (bicyclic) bond motifs is 1. The smallest absolute Gasteiger partial charge is 0.381 e. The molecule has 1 saturated heterocycles. The zero-order chi connectivity index (χ0) is 23.8. The zero-order valence-electron chi connectivity index (χ0n) is 19.3. The van der Waals surface area contributed by atoms with E-state index in [1.807, 2.05) is 18.7 Å². The van der Waals surface area contributed by atoms with Crippen molar-refractivity contribution in [3.05, 3.63) is 29.1 Å². The van der Waals surface area contributed by atoms with Crippen molar-refractivity contribution in [3.63, 3.8) is 0 Å². The van der Waals surface area contributed by atoms with Crippen LogP contribution in [-0.2, 0) is 29.2 Å². The third kappa shape index (κ3) is 4.90. The summed E-state index contributed by atoms with van der Waals surface area (Å²) in [6, 6.07) is 0.959. The molecule has 0 bridgehead atoms. The molecule has 2 fully saturated rings. The summed E-state index contributed by atoms with van der Waals surface area (Å²) in [6.45, 7) is 4.40. The van der Waals surface area contributed by atoms with Crippen LogP contribution in [0.2, 0.25) is 0 Å². The van der Waals surface area contributed by atoms with Crippen molar-refractivity contribution in [1.29, 1.82) is 0 Å². The Kier molecular flexibility index (Phi) is 7.01. The van der Waals surface area contributed by atoms with Crippen LogP contribution in [0.1, 0.15) is 56.4 Å². The van der Waals surface area contributed by atoms with Crippen LogP contribution in [0, 0.1) is 17.3 Å². The minimum Gasteiger partial charge on any atom is -0.381 e. The Labute approximate surface area is 192 Å². The Morgan fingerprint density at radius 3 is 2.85 bits per heavy atom. The van der Waals surface area contributed by atoms with Crippen LogP contribution in [0.3, 0.4) is 0 Å². The van der Waals surface area contributed by atoms with Gasteiger partial charge in [0.05, 0.1) is 17.9 Å². The second-order valence-corrected chi connectivity index (χ2v) is 10.1. The van der Waals surface area contributed by atoms with Crippen molar-refractivity contribution >= 4 is 5.91 Å². The molecule has 33 heavy (non-hydrogen) atoms. The highest BCUT2D eigenvalue weighted by molar-refractivity contribution is 5.83. The largest absolute Gasteiger partial charge is 0.395 e. The fourth-order valence-corrected chi connectivity index (χ4v) is 5.78. The molecule has 3 aliphatic rings. The van der Waals surface area contributed by atoms with Crippen molar-refractivity contribution in [2.45, 2.75) is 77.4 Å². The molecule has 9 heteroatoms. The van der Waals surface area contributed by atoms with E-state index in [0.29, 0.717) is 57.4 Å². The summed E-state index contributed by atoms with van der Waals surface area (Å²) in [5, 5.41) is 3.25. The number of nitrogens with one attached hydrogen (secondary N) is 1. The molecule has 2 unspecified atom stereocenters. The van der Waals surface area contributed by atoms with Gasteiger partial charge >= 0.3 is 6.18 Å². The number of carbonyl (C=O) groups is 1. The molecule has 1 aliphatic carbocycles. The molecule has 2 aliphatic heterocycles. The molecule has 4 rings (SSSR count). The second-order valence-electron chi connectivity index (χ2n) is 10.1. The van der Waals surface area contributed by atoms with Gasteiger partial charge < -0.3 is 15.0 Å². The fourth-order valence-electron chi connectivity index (χ4n) is 5.78. The number of amides is 1. The number of alkyl halides is 4. The zero-order valence-corrected chi connectivity index (χ0v) is 19.3. The summed E-state index contributed by atoms with van der Waals surface area (Å²) in [7, 11) is 0. The lowest BCUT2D eigenvalue weighted by Crippen LogP contribution is -2.53. The van der Waals surface area contributed by atoms with E-state index in [1.54, 1.807) is 12.3 Å². The number of hydrogen-bond donors (Lipinski definition) is 1. The standard InChI is InChI=1S/C24H33F4N3O2/c1-15(2)23(22(32)31-7-4-20-17(13-31)9-16(11-25)12-29-20)6-3-18(10-23)30-21-5-8-33-14-19(21)24(26,27)28/h9,12,15,18-19,21,30H,3-8,10-11,13-14H2,1-2H3/t18-,19?,21?,23+/m1/s1. The number of halogens is 4. The van der Waals surface area contributed by atoms with Gasteiger partial charge in [-0.05, 0) is 43.2 Å². The Balaban J connectivity index is 1.47. The molecule has 0 radical (unpaired) electrons. The molecule has 0 spiro atoms. The molecule has 1 aromatic heterocycles. The van der Waals surface area contributed by atoms with Crippen LogP contribution in [0.25, 0.3) is 0 Å². The number of ether oxygens (including phenoxy) is 1. The molecule has 184 valence electrons. The molecule has 1 amide bonds. The number of nitrogens with zero attached hydrogens (tertiary/aromatic N) is 2. The summed E-state index contributed by atoms with van der Waals surface area (Å²) in [4.78, 5) is 20.0. The monoisotopic (exact) mass is 471 g/mol. The maximum absolute atomic E-state index is 13.8. The van der Waals surface area contributed by atoms with Gasteiger partial charge in [-0.1, -0.05) is 13.8 Å². The minimum absolute atomic E-state index is 0.0532. The van der Waals surface area contributed by atoms with Gasteiger partial charge in [0.1, 0.15) is 6.67 Å². The lowest BCUT2D eigenvalue weighted by atomic mass is 9.74. The first-order valence-electron chi connectivity index (χ1n) is 11.9. The van der Waals surface area contributed by atoms with Crippen LogP contribution in [-0.4, -0.2) is 53.8 Å². The first kappa shape index (κ1) is 24.4. The van der Waals surface area contributed by atoms with Gasteiger partial charge in [-0.25, -0.2) is 4.39 Å². The summed E-state index contributed by atoms with van der Waals surface area (Å²) in [5.74, 6) is -1.41. The summed E-state index contributed by atoms with van der Waals surface area (Å²) in [5.41, 5.74) is 1.67. The Morgan fingerprint density at radius 2 is 2.15 bits per heavy atom. The van der Waals surface area contributed by atoms with Crippen LogP contribution in [0.5, 0.6) is 0 Å². The third-order valence-electron chi connectivity index (χ3n) is 7.84. The lowest BCUT2D eigenvalue weighted by Gasteiger charge is -2.40. The highest BCUT2D eigenvalue weighted by atomic mass is 19.4. The number of pyridine rings is 1. The van der Waals surface area contributed by atoms with Crippen molar-refractivity contribution < 1.29 is 27.1 Å². The van der Waals surface area contributed by atoms with Crippen LogP contribution in [0.4, 0.5) is 17.6 Å². The highest BCUT2D eigenvalue weighted by Gasteiger charge is 2.52. The number of carbonyl (C=O) groups excluding carboxylic acids is 1. The van der Waals surface area contributed by atoms with E-state index in [4.69, 9.17) is 4.74 Å².